The van der Waals surface area contributed by atoms with Crippen LogP contribution in [0, 0.1) is 11.7 Å². The van der Waals surface area contributed by atoms with Gasteiger partial charge in [-0.25, -0.2) is 0 Å². The van der Waals surface area contributed by atoms with Gasteiger partial charge in [0, 0.05) is 10.0 Å². The lowest BCUT2D eigenvalue weighted by molar-refractivity contribution is 0.474. The first-order valence-corrected chi connectivity index (χ1v) is 5.95. The van der Waals surface area contributed by atoms with Gasteiger partial charge in [-0.1, -0.05) is 15.9 Å². The predicted octanol–water partition coefficient (Wildman–Crippen LogP) is 2.60. The molecule has 17 heavy (non-hydrogen) atoms. The van der Waals surface area contributed by atoms with Crippen LogP contribution in [0.15, 0.2) is 27.8 Å². The van der Waals surface area contributed by atoms with E-state index in [1.54, 1.807) is 25.1 Å². The molecule has 0 fully saturated rings. The van der Waals surface area contributed by atoms with Gasteiger partial charge in [-0.15, -0.1) is 0 Å². The molecule has 0 aliphatic carbocycles. The lowest BCUT2D eigenvalue weighted by Crippen LogP contribution is -1.94. The van der Waals surface area contributed by atoms with Crippen LogP contribution in [0.4, 0.5) is 0 Å². The van der Waals surface area contributed by atoms with Crippen LogP contribution in [0.1, 0.15) is 11.4 Å². The van der Waals surface area contributed by atoms with Gasteiger partial charge < -0.3 is 5.11 Å². The Bertz CT molecular complexity index is 631. The number of phenols is 1. The Balaban J connectivity index is 2.39. The number of nitrogens with one attached hydrogen (secondary N) is 1. The third-order valence-corrected chi connectivity index (χ3v) is 2.87. The number of H-pyrrole nitrogens is 1. The number of hydrogen-bond donors (Lipinski definition) is 2. The van der Waals surface area contributed by atoms with E-state index in [0.29, 0.717) is 16.2 Å². The molecule has 0 aliphatic rings. The molecule has 7 heteroatoms. The minimum atomic E-state index is 0.157. The van der Waals surface area contributed by atoms with Crippen LogP contribution in [0.25, 0.3) is 0 Å². The van der Waals surface area contributed by atoms with Gasteiger partial charge in [-0.05, 0) is 37.3 Å². The van der Waals surface area contributed by atoms with Crippen LogP contribution < -0.4 is 0 Å². The Hall–Kier alpha value is -1.47. The molecule has 1 aromatic carbocycles. The van der Waals surface area contributed by atoms with Crippen molar-refractivity contribution in [3.8, 4) is 5.75 Å². The molecule has 0 atom stereocenters. The fraction of sp³-hybridized carbons (Fsp3) is 0.100. The molecule has 1 heterocycles. The van der Waals surface area contributed by atoms with E-state index in [1.807, 2.05) is 0 Å². The topological polar surface area (TPSA) is 66.2 Å². The third kappa shape index (κ3) is 2.62. The maximum atomic E-state index is 9.63. The summed E-state index contributed by atoms with van der Waals surface area (Å²) in [6.07, 6.45) is 1.53. The highest BCUT2D eigenvalue weighted by molar-refractivity contribution is 9.10. The van der Waals surface area contributed by atoms with Crippen LogP contribution in [0.5, 0.6) is 5.75 Å². The summed E-state index contributed by atoms with van der Waals surface area (Å²) in [5.74, 6) is 0.811. The monoisotopic (exact) mass is 312 g/mol. The molecule has 0 radical (unpaired) electrons. The lowest BCUT2D eigenvalue weighted by atomic mass is 10.2. The van der Waals surface area contributed by atoms with E-state index in [2.05, 4.69) is 31.2 Å². The number of hydrogen-bond acceptors (Lipinski definition) is 4. The van der Waals surface area contributed by atoms with Crippen molar-refractivity contribution in [3.63, 3.8) is 0 Å². The molecule has 2 rings (SSSR count). The number of phenolic OH excluding ortho intramolecular Hbond substituents is 1. The molecule has 0 aliphatic heterocycles. The maximum absolute atomic E-state index is 9.63. The van der Waals surface area contributed by atoms with E-state index in [-0.39, 0.29) is 5.75 Å². The first kappa shape index (κ1) is 12.0. The highest BCUT2D eigenvalue weighted by atomic mass is 79.9. The normalized spacial score (nSPS) is 11.2. The number of halogens is 1. The number of aryl methyl sites for hydroxylation is 1. The number of aromatic amines is 1. The van der Waals surface area contributed by atoms with Gasteiger partial charge in [0.05, 0.1) is 6.21 Å². The molecule has 5 nitrogen and oxygen atoms in total. The summed E-state index contributed by atoms with van der Waals surface area (Å²) in [5.41, 5.74) is 0.599. The summed E-state index contributed by atoms with van der Waals surface area (Å²) in [7, 11) is 0. The molecule has 1 aromatic heterocycles. The second kappa shape index (κ2) is 4.80. The Morgan fingerprint density at radius 3 is 3.00 bits per heavy atom. The van der Waals surface area contributed by atoms with E-state index in [0.717, 1.165) is 4.47 Å². The Morgan fingerprint density at radius 1 is 1.59 bits per heavy atom. The molecule has 0 saturated carbocycles. The number of aromatic nitrogens is 3. The van der Waals surface area contributed by atoms with Crippen LogP contribution in [0.2, 0.25) is 0 Å². The molecule has 2 aromatic rings. The quantitative estimate of drug-likeness (QED) is 0.661. The third-order valence-electron chi connectivity index (χ3n) is 2.11. The molecule has 2 N–H and O–H groups in total. The van der Waals surface area contributed by atoms with Crippen molar-refractivity contribution >= 4 is 34.4 Å². The molecule has 88 valence electrons. The van der Waals surface area contributed by atoms with Gasteiger partial charge in [0.15, 0.2) is 0 Å². The van der Waals surface area contributed by atoms with Gasteiger partial charge in [0.25, 0.3) is 0 Å². The summed E-state index contributed by atoms with van der Waals surface area (Å²) >= 11 is 8.33. The van der Waals surface area contributed by atoms with E-state index in [9.17, 15) is 5.11 Å². The average molecular weight is 313 g/mol. The summed E-state index contributed by atoms with van der Waals surface area (Å²) in [5, 5.41) is 20.3. The van der Waals surface area contributed by atoms with Gasteiger partial charge in [-0.2, -0.15) is 14.9 Å². The van der Waals surface area contributed by atoms with Crippen molar-refractivity contribution in [2.75, 3.05) is 0 Å². The number of benzene rings is 1. The largest absolute Gasteiger partial charge is 0.507 e. The summed E-state index contributed by atoms with van der Waals surface area (Å²) in [6.45, 7) is 1.78. The number of rotatable bonds is 2. The standard InChI is InChI=1S/C10H9BrN4OS/c1-6-13-14-10(17)15(6)12-5-7-4-8(11)2-3-9(7)16/h2-5,16H,1H3,(H,14,17)/b12-5+. The fourth-order valence-electron chi connectivity index (χ4n) is 1.26. The second-order valence-electron chi connectivity index (χ2n) is 3.34. The summed E-state index contributed by atoms with van der Waals surface area (Å²) < 4.78 is 2.76. The maximum Gasteiger partial charge on any atom is 0.216 e. The first-order valence-electron chi connectivity index (χ1n) is 4.75. The lowest BCUT2D eigenvalue weighted by Gasteiger charge is -1.99. The van der Waals surface area contributed by atoms with Crippen molar-refractivity contribution in [1.29, 1.82) is 0 Å². The Morgan fingerprint density at radius 2 is 2.35 bits per heavy atom. The van der Waals surface area contributed by atoms with E-state index in [4.69, 9.17) is 12.2 Å². The minimum Gasteiger partial charge on any atom is -0.507 e. The molecule has 0 saturated heterocycles. The average Bonchev–Trinajstić information content (AvgIpc) is 2.61. The smallest absolute Gasteiger partial charge is 0.216 e. The minimum absolute atomic E-state index is 0.157. The van der Waals surface area contributed by atoms with Crippen LogP contribution in [-0.4, -0.2) is 26.2 Å². The van der Waals surface area contributed by atoms with Gasteiger partial charge >= 0.3 is 0 Å². The summed E-state index contributed by atoms with van der Waals surface area (Å²) in [4.78, 5) is 0. The zero-order valence-corrected chi connectivity index (χ0v) is 11.3. The molecular formula is C10H9BrN4OS. The SMILES string of the molecule is Cc1n[nH]c(=S)n1/N=C/c1cc(Br)ccc1O. The molecule has 0 spiro atoms. The number of aromatic hydroxyl groups is 1. The highest BCUT2D eigenvalue weighted by Gasteiger charge is 2.01. The van der Waals surface area contributed by atoms with E-state index >= 15 is 0 Å². The van der Waals surface area contributed by atoms with Crippen molar-refractivity contribution in [3.05, 3.63) is 38.8 Å². The van der Waals surface area contributed by atoms with Gasteiger partial charge in [0.2, 0.25) is 4.77 Å². The van der Waals surface area contributed by atoms with E-state index < -0.39 is 0 Å². The molecule has 0 bridgehead atoms. The predicted molar refractivity (Wildman–Crippen MR) is 70.9 cm³/mol. The fourth-order valence-corrected chi connectivity index (χ4v) is 1.86. The van der Waals surface area contributed by atoms with Gasteiger partial charge in [-0.3, -0.25) is 5.10 Å². The van der Waals surface area contributed by atoms with Crippen LogP contribution >= 0.6 is 28.1 Å². The molecule has 0 unspecified atom stereocenters. The second-order valence-corrected chi connectivity index (χ2v) is 4.64. The van der Waals surface area contributed by atoms with Crippen molar-refractivity contribution < 1.29 is 5.11 Å². The van der Waals surface area contributed by atoms with E-state index in [1.165, 1.54) is 10.9 Å². The zero-order valence-electron chi connectivity index (χ0n) is 8.88. The zero-order chi connectivity index (χ0) is 12.4. The molecule has 0 amide bonds. The number of nitrogens with zero attached hydrogens (tertiary/aromatic N) is 3. The Kier molecular flexibility index (Phi) is 3.39. The van der Waals surface area contributed by atoms with Crippen LogP contribution in [0.3, 0.4) is 0 Å². The molecular weight excluding hydrogens is 304 g/mol. The summed E-state index contributed by atoms with van der Waals surface area (Å²) in [6, 6.07) is 5.10. The van der Waals surface area contributed by atoms with Gasteiger partial charge in [0.1, 0.15) is 11.6 Å². The Labute approximate surface area is 111 Å². The van der Waals surface area contributed by atoms with Crippen LogP contribution in [-0.2, 0) is 0 Å². The van der Waals surface area contributed by atoms with Crippen molar-refractivity contribution in [2.45, 2.75) is 6.92 Å². The highest BCUT2D eigenvalue weighted by Crippen LogP contribution is 2.20. The van der Waals surface area contributed by atoms with Crippen molar-refractivity contribution in [1.82, 2.24) is 14.9 Å². The first-order chi connectivity index (χ1) is 8.08. The van der Waals surface area contributed by atoms with Crippen molar-refractivity contribution in [2.24, 2.45) is 5.10 Å².